The van der Waals surface area contributed by atoms with Gasteiger partial charge in [-0.2, -0.15) is 0 Å². The maximum Gasteiger partial charge on any atom is 0.137 e. The van der Waals surface area contributed by atoms with Crippen LogP contribution in [0.2, 0.25) is 0 Å². The van der Waals surface area contributed by atoms with Crippen LogP contribution in [0.1, 0.15) is 48.4 Å². The smallest absolute Gasteiger partial charge is 0.137 e. The number of phenolic OH excluding ortho intramolecular Hbond substituents is 1. The van der Waals surface area contributed by atoms with Gasteiger partial charge >= 0.3 is 0 Å². The molecule has 0 aromatic heterocycles. The van der Waals surface area contributed by atoms with E-state index < -0.39 is 0 Å². The summed E-state index contributed by atoms with van der Waals surface area (Å²) in [5.41, 5.74) is 9.42. The first-order valence-corrected chi connectivity index (χ1v) is 6.69. The van der Waals surface area contributed by atoms with Crippen LogP contribution in [0.25, 0.3) is 0 Å². The largest absolute Gasteiger partial charge is 0.507 e. The van der Waals surface area contributed by atoms with Crippen LogP contribution in [-0.4, -0.2) is 11.8 Å². The van der Waals surface area contributed by atoms with Crippen molar-refractivity contribution in [2.45, 2.75) is 53.4 Å². The average molecular weight is 251 g/mol. The van der Waals surface area contributed by atoms with E-state index in [4.69, 9.17) is 10.5 Å². The number of benzene rings is 1. The van der Waals surface area contributed by atoms with Crippen molar-refractivity contribution in [1.82, 2.24) is 0 Å². The molecule has 0 heterocycles. The van der Waals surface area contributed by atoms with Gasteiger partial charge < -0.3 is 9.84 Å². The van der Waals surface area contributed by atoms with E-state index in [1.165, 1.54) is 12.8 Å². The summed E-state index contributed by atoms with van der Waals surface area (Å²) in [5.74, 6) is 1.25. The Hall–Kier alpha value is -1.22. The van der Waals surface area contributed by atoms with Crippen molar-refractivity contribution in [1.29, 1.82) is 0 Å². The molecule has 3 nitrogen and oxygen atoms in total. The van der Waals surface area contributed by atoms with Gasteiger partial charge in [0.15, 0.2) is 0 Å². The van der Waals surface area contributed by atoms with Crippen LogP contribution in [0.15, 0.2) is 0 Å². The highest BCUT2D eigenvalue weighted by Crippen LogP contribution is 2.37. The Labute approximate surface area is 110 Å². The molecule has 3 heteroatoms. The van der Waals surface area contributed by atoms with Crippen molar-refractivity contribution >= 4 is 0 Å². The summed E-state index contributed by atoms with van der Waals surface area (Å²) in [5, 5.41) is 10.1. The van der Waals surface area contributed by atoms with E-state index in [0.717, 1.165) is 40.8 Å². The van der Waals surface area contributed by atoms with Crippen molar-refractivity contribution < 1.29 is 9.84 Å². The lowest BCUT2D eigenvalue weighted by molar-refractivity contribution is 0.321. The summed E-state index contributed by atoms with van der Waals surface area (Å²) >= 11 is 0. The lowest BCUT2D eigenvalue weighted by Gasteiger charge is -2.19. The first-order chi connectivity index (χ1) is 8.54. The van der Waals surface area contributed by atoms with Gasteiger partial charge in [0.1, 0.15) is 18.2 Å². The van der Waals surface area contributed by atoms with Crippen LogP contribution in [-0.2, 0) is 6.42 Å². The van der Waals surface area contributed by atoms with Gasteiger partial charge in [0.25, 0.3) is 0 Å². The molecule has 0 radical (unpaired) electrons. The summed E-state index contributed by atoms with van der Waals surface area (Å²) in [6.07, 6.45) is 4.42. The van der Waals surface area contributed by atoms with Crippen LogP contribution in [0.3, 0.4) is 0 Å². The minimum absolute atomic E-state index is 0.172. The summed E-state index contributed by atoms with van der Waals surface area (Å²) in [6.45, 7) is 8.19. The third-order valence-corrected chi connectivity index (χ3v) is 3.60. The molecule has 0 spiro atoms. The van der Waals surface area contributed by atoms with E-state index in [0.29, 0.717) is 5.75 Å². The molecule has 0 saturated carbocycles. The molecule has 0 amide bonds. The topological polar surface area (TPSA) is 55.5 Å². The molecule has 0 fully saturated rings. The molecule has 18 heavy (non-hydrogen) atoms. The van der Waals surface area contributed by atoms with Crippen LogP contribution < -0.4 is 10.5 Å². The maximum atomic E-state index is 10.1. The molecule has 1 aromatic carbocycles. The van der Waals surface area contributed by atoms with Gasteiger partial charge in [-0.05, 0) is 50.3 Å². The zero-order chi connectivity index (χ0) is 13.7. The van der Waals surface area contributed by atoms with Crippen molar-refractivity contribution in [3.63, 3.8) is 0 Å². The fourth-order valence-electron chi connectivity index (χ4n) is 2.30. The Morgan fingerprint density at radius 2 is 1.72 bits per heavy atom. The van der Waals surface area contributed by atoms with Crippen LogP contribution in [0.5, 0.6) is 11.5 Å². The standard InChI is InChI=1S/C15H25NO2/c1-5-6-7-8-13-12(4)14(17)10(2)11(3)15(13)18-9-16/h17H,5-9,16H2,1-4H3. The third-order valence-electron chi connectivity index (χ3n) is 3.60. The molecule has 0 unspecified atom stereocenters. The normalized spacial score (nSPS) is 10.7. The van der Waals surface area contributed by atoms with E-state index in [1.54, 1.807) is 0 Å². The predicted octanol–water partition coefficient (Wildman–Crippen LogP) is 3.35. The number of nitrogens with two attached hydrogens (primary N) is 1. The quantitative estimate of drug-likeness (QED) is 0.602. The molecule has 0 bridgehead atoms. The number of rotatable bonds is 6. The monoisotopic (exact) mass is 251 g/mol. The van der Waals surface area contributed by atoms with Gasteiger partial charge in [-0.1, -0.05) is 19.8 Å². The van der Waals surface area contributed by atoms with Crippen molar-refractivity contribution in [3.8, 4) is 11.5 Å². The lowest BCUT2D eigenvalue weighted by Crippen LogP contribution is -2.11. The van der Waals surface area contributed by atoms with Gasteiger partial charge in [-0.3, -0.25) is 5.73 Å². The number of aromatic hydroxyl groups is 1. The Bertz CT molecular complexity index is 414. The molecular weight excluding hydrogens is 226 g/mol. The zero-order valence-corrected chi connectivity index (χ0v) is 12.0. The fourth-order valence-corrected chi connectivity index (χ4v) is 2.30. The van der Waals surface area contributed by atoms with Gasteiger partial charge in [0.05, 0.1) is 0 Å². The molecule has 1 aromatic rings. The number of unbranched alkanes of at least 4 members (excludes halogenated alkanes) is 2. The number of hydrogen-bond acceptors (Lipinski definition) is 3. The van der Waals surface area contributed by atoms with Crippen molar-refractivity contribution in [2.75, 3.05) is 6.73 Å². The molecular formula is C15H25NO2. The molecule has 0 aliphatic heterocycles. The van der Waals surface area contributed by atoms with E-state index >= 15 is 0 Å². The van der Waals surface area contributed by atoms with Gasteiger partial charge in [-0.25, -0.2) is 0 Å². The molecule has 0 atom stereocenters. The molecule has 0 aliphatic carbocycles. The Morgan fingerprint density at radius 3 is 2.28 bits per heavy atom. The van der Waals surface area contributed by atoms with Crippen molar-refractivity contribution in [3.05, 3.63) is 22.3 Å². The summed E-state index contributed by atoms with van der Waals surface area (Å²) in [7, 11) is 0. The Kier molecular flexibility index (Phi) is 5.48. The van der Waals surface area contributed by atoms with Gasteiger partial charge in [0, 0.05) is 5.56 Å². The van der Waals surface area contributed by atoms with E-state index in [9.17, 15) is 5.11 Å². The van der Waals surface area contributed by atoms with Crippen LogP contribution in [0, 0.1) is 20.8 Å². The Balaban J connectivity index is 3.18. The highest BCUT2D eigenvalue weighted by molar-refractivity contribution is 5.57. The average Bonchev–Trinajstić information content (AvgIpc) is 2.37. The SMILES string of the molecule is CCCCCc1c(C)c(O)c(C)c(C)c1OCN. The summed E-state index contributed by atoms with van der Waals surface area (Å²) in [6, 6.07) is 0. The molecule has 0 aliphatic rings. The number of hydrogen-bond donors (Lipinski definition) is 2. The zero-order valence-electron chi connectivity index (χ0n) is 12.0. The second-order valence-corrected chi connectivity index (χ2v) is 4.80. The van der Waals surface area contributed by atoms with Crippen LogP contribution in [0.4, 0.5) is 0 Å². The van der Waals surface area contributed by atoms with E-state index in [-0.39, 0.29) is 6.73 Å². The highest BCUT2D eigenvalue weighted by atomic mass is 16.5. The molecule has 1 rings (SSSR count). The summed E-state index contributed by atoms with van der Waals surface area (Å²) < 4.78 is 5.58. The van der Waals surface area contributed by atoms with E-state index in [1.807, 2.05) is 20.8 Å². The van der Waals surface area contributed by atoms with Crippen LogP contribution >= 0.6 is 0 Å². The van der Waals surface area contributed by atoms with Gasteiger partial charge in [0.2, 0.25) is 0 Å². The molecule has 102 valence electrons. The second-order valence-electron chi connectivity index (χ2n) is 4.80. The second kappa shape index (κ2) is 6.64. The predicted molar refractivity (Wildman–Crippen MR) is 75.2 cm³/mol. The van der Waals surface area contributed by atoms with E-state index in [2.05, 4.69) is 6.92 Å². The van der Waals surface area contributed by atoms with Gasteiger partial charge in [-0.15, -0.1) is 0 Å². The minimum atomic E-state index is 0.172. The number of ether oxygens (including phenoxy) is 1. The Morgan fingerprint density at radius 1 is 1.06 bits per heavy atom. The minimum Gasteiger partial charge on any atom is -0.507 e. The highest BCUT2D eigenvalue weighted by Gasteiger charge is 2.17. The first kappa shape index (κ1) is 14.8. The molecule has 3 N–H and O–H groups in total. The maximum absolute atomic E-state index is 10.1. The number of phenols is 1. The lowest BCUT2D eigenvalue weighted by atomic mass is 9.94. The fraction of sp³-hybridized carbons (Fsp3) is 0.600. The third kappa shape index (κ3) is 2.96. The molecule has 0 saturated heterocycles. The van der Waals surface area contributed by atoms with Crippen molar-refractivity contribution in [2.24, 2.45) is 5.73 Å². The first-order valence-electron chi connectivity index (χ1n) is 6.69. The summed E-state index contributed by atoms with van der Waals surface area (Å²) in [4.78, 5) is 0.